The van der Waals surface area contributed by atoms with Gasteiger partial charge in [0, 0.05) is 24.9 Å². The van der Waals surface area contributed by atoms with Crippen LogP contribution in [0.5, 0.6) is 0 Å². The van der Waals surface area contributed by atoms with Crippen molar-refractivity contribution < 1.29 is 4.79 Å². The van der Waals surface area contributed by atoms with Gasteiger partial charge in [-0.2, -0.15) is 0 Å². The van der Waals surface area contributed by atoms with E-state index in [2.05, 4.69) is 12.2 Å². The normalized spacial score (nSPS) is 33.2. The van der Waals surface area contributed by atoms with E-state index >= 15 is 0 Å². The second-order valence-corrected chi connectivity index (χ2v) is 2.75. The Balaban J connectivity index is 0.000000810. The molecule has 0 saturated carbocycles. The van der Waals surface area contributed by atoms with Crippen LogP contribution in [0.4, 0.5) is 0 Å². The van der Waals surface area contributed by atoms with Crippen molar-refractivity contribution in [3.63, 3.8) is 0 Å². The van der Waals surface area contributed by atoms with E-state index in [9.17, 15) is 4.79 Å². The molecule has 1 aliphatic rings. The van der Waals surface area contributed by atoms with Crippen LogP contribution in [-0.4, -0.2) is 18.4 Å². The van der Waals surface area contributed by atoms with E-state index in [0.29, 0.717) is 18.2 Å². The maximum Gasteiger partial charge on any atom is 0.138 e. The van der Waals surface area contributed by atoms with Crippen LogP contribution in [0.1, 0.15) is 20.3 Å². The topological polar surface area (TPSA) is 29.1 Å². The Kier molecular flexibility index (Phi) is 3.91. The molecule has 0 spiro atoms. The Morgan fingerprint density at radius 2 is 2.10 bits per heavy atom. The number of halogens is 1. The third kappa shape index (κ3) is 1.96. The minimum absolute atomic E-state index is 0. The van der Waals surface area contributed by atoms with E-state index in [-0.39, 0.29) is 18.3 Å². The Hall–Kier alpha value is -0.0800. The molecule has 2 nitrogen and oxygen atoms in total. The van der Waals surface area contributed by atoms with E-state index in [1.807, 2.05) is 6.92 Å². The average Bonchev–Trinajstić information content (AvgIpc) is 1.83. The SMILES string of the molecule is C[C@@H]1NCCC(=O)[C@H]1C.Cl. The average molecular weight is 164 g/mol. The third-order valence-electron chi connectivity index (χ3n) is 2.10. The number of nitrogens with one attached hydrogen (secondary N) is 1. The van der Waals surface area contributed by atoms with Gasteiger partial charge in [0.15, 0.2) is 0 Å². The fourth-order valence-electron chi connectivity index (χ4n) is 1.11. The molecule has 0 aromatic carbocycles. The zero-order chi connectivity index (χ0) is 6.85. The zero-order valence-corrected chi connectivity index (χ0v) is 7.20. The summed E-state index contributed by atoms with van der Waals surface area (Å²) in [6.07, 6.45) is 0.714. The monoisotopic (exact) mass is 163 g/mol. The van der Waals surface area contributed by atoms with Crippen LogP contribution < -0.4 is 5.32 Å². The lowest BCUT2D eigenvalue weighted by molar-refractivity contribution is -0.124. The number of Topliss-reactive ketones (excluding diaryl/α,β-unsaturated/α-hetero) is 1. The summed E-state index contributed by atoms with van der Waals surface area (Å²) in [5.41, 5.74) is 0. The quantitative estimate of drug-likeness (QED) is 0.577. The minimum Gasteiger partial charge on any atom is -0.313 e. The largest absolute Gasteiger partial charge is 0.313 e. The van der Waals surface area contributed by atoms with Crippen LogP contribution in [0, 0.1) is 5.92 Å². The molecule has 10 heavy (non-hydrogen) atoms. The summed E-state index contributed by atoms with van der Waals surface area (Å²) < 4.78 is 0. The van der Waals surface area contributed by atoms with Gasteiger partial charge >= 0.3 is 0 Å². The standard InChI is InChI=1S/C7H13NO.ClH/c1-5-6(2)8-4-3-7(5)9;/h5-6,8H,3-4H2,1-2H3;1H/t5-,6-;/m0./s1. The lowest BCUT2D eigenvalue weighted by atomic mass is 9.93. The molecule has 60 valence electrons. The first kappa shape index (κ1) is 9.92. The smallest absolute Gasteiger partial charge is 0.138 e. The third-order valence-corrected chi connectivity index (χ3v) is 2.10. The number of hydrogen-bond acceptors (Lipinski definition) is 2. The summed E-state index contributed by atoms with van der Waals surface area (Å²) in [5.74, 6) is 0.625. The molecular weight excluding hydrogens is 150 g/mol. The number of hydrogen-bond donors (Lipinski definition) is 1. The molecule has 2 atom stereocenters. The van der Waals surface area contributed by atoms with Gasteiger partial charge in [-0.05, 0) is 6.92 Å². The Morgan fingerprint density at radius 3 is 2.50 bits per heavy atom. The molecule has 0 amide bonds. The first-order valence-electron chi connectivity index (χ1n) is 3.48. The zero-order valence-electron chi connectivity index (χ0n) is 6.39. The Labute approximate surface area is 67.8 Å². The van der Waals surface area contributed by atoms with Crippen molar-refractivity contribution in [2.45, 2.75) is 26.3 Å². The van der Waals surface area contributed by atoms with Crippen molar-refractivity contribution in [1.29, 1.82) is 0 Å². The first-order valence-corrected chi connectivity index (χ1v) is 3.48. The van der Waals surface area contributed by atoms with Crippen LogP contribution in [0.3, 0.4) is 0 Å². The van der Waals surface area contributed by atoms with Gasteiger partial charge in [-0.15, -0.1) is 12.4 Å². The summed E-state index contributed by atoms with van der Waals surface area (Å²) >= 11 is 0. The summed E-state index contributed by atoms with van der Waals surface area (Å²) in [4.78, 5) is 11.0. The predicted molar refractivity (Wildman–Crippen MR) is 43.5 cm³/mol. The summed E-state index contributed by atoms with van der Waals surface area (Å²) in [6.45, 7) is 4.91. The van der Waals surface area contributed by atoms with Gasteiger partial charge in [-0.25, -0.2) is 0 Å². The highest BCUT2D eigenvalue weighted by atomic mass is 35.5. The van der Waals surface area contributed by atoms with Crippen molar-refractivity contribution in [3.8, 4) is 0 Å². The molecule has 1 fully saturated rings. The van der Waals surface area contributed by atoms with Crippen molar-refractivity contribution in [2.75, 3.05) is 6.54 Å². The van der Waals surface area contributed by atoms with Gasteiger partial charge < -0.3 is 5.32 Å². The molecule has 0 radical (unpaired) electrons. The highest BCUT2D eigenvalue weighted by Gasteiger charge is 2.23. The molecule has 0 bridgehead atoms. The van der Waals surface area contributed by atoms with Crippen molar-refractivity contribution >= 4 is 18.2 Å². The number of rotatable bonds is 0. The van der Waals surface area contributed by atoms with Gasteiger partial charge in [0.2, 0.25) is 0 Å². The van der Waals surface area contributed by atoms with Crippen LogP contribution in [0.25, 0.3) is 0 Å². The first-order chi connectivity index (χ1) is 4.22. The number of ketones is 1. The number of carbonyl (C=O) groups excluding carboxylic acids is 1. The van der Waals surface area contributed by atoms with Crippen LogP contribution >= 0.6 is 12.4 Å². The van der Waals surface area contributed by atoms with Crippen molar-refractivity contribution in [1.82, 2.24) is 5.32 Å². The highest BCUT2D eigenvalue weighted by Crippen LogP contribution is 2.10. The molecule has 1 heterocycles. The molecule has 1 rings (SSSR count). The van der Waals surface area contributed by atoms with Gasteiger partial charge in [0.1, 0.15) is 5.78 Å². The van der Waals surface area contributed by atoms with Gasteiger partial charge in [0.05, 0.1) is 0 Å². The summed E-state index contributed by atoms with van der Waals surface area (Å²) in [5, 5.41) is 3.24. The van der Waals surface area contributed by atoms with Gasteiger partial charge in [-0.3, -0.25) is 4.79 Å². The molecule has 1 aliphatic heterocycles. The maximum absolute atomic E-state index is 11.0. The Morgan fingerprint density at radius 1 is 1.50 bits per heavy atom. The van der Waals surface area contributed by atoms with Gasteiger partial charge in [-0.1, -0.05) is 6.92 Å². The molecule has 0 aliphatic carbocycles. The van der Waals surface area contributed by atoms with Crippen molar-refractivity contribution in [2.24, 2.45) is 5.92 Å². The van der Waals surface area contributed by atoms with E-state index < -0.39 is 0 Å². The molecule has 0 unspecified atom stereocenters. The van der Waals surface area contributed by atoms with Gasteiger partial charge in [0.25, 0.3) is 0 Å². The van der Waals surface area contributed by atoms with Crippen LogP contribution in [-0.2, 0) is 4.79 Å². The van der Waals surface area contributed by atoms with E-state index in [1.165, 1.54) is 0 Å². The summed E-state index contributed by atoms with van der Waals surface area (Å²) in [6, 6.07) is 0.381. The van der Waals surface area contributed by atoms with Crippen molar-refractivity contribution in [3.05, 3.63) is 0 Å². The summed E-state index contributed by atoms with van der Waals surface area (Å²) in [7, 11) is 0. The minimum atomic E-state index is 0. The lowest BCUT2D eigenvalue weighted by Gasteiger charge is -2.25. The van der Waals surface area contributed by atoms with Crippen LogP contribution in [0.15, 0.2) is 0 Å². The second-order valence-electron chi connectivity index (χ2n) is 2.75. The fraction of sp³-hybridized carbons (Fsp3) is 0.857. The lowest BCUT2D eigenvalue weighted by Crippen LogP contribution is -2.42. The molecular formula is C7H14ClNO. The number of carbonyl (C=O) groups is 1. The number of piperidine rings is 1. The molecule has 3 heteroatoms. The second kappa shape index (κ2) is 3.94. The highest BCUT2D eigenvalue weighted by molar-refractivity contribution is 5.85. The molecule has 1 saturated heterocycles. The Bertz CT molecular complexity index is 127. The molecule has 1 N–H and O–H groups in total. The van der Waals surface area contributed by atoms with E-state index in [4.69, 9.17) is 0 Å². The van der Waals surface area contributed by atoms with Crippen LogP contribution in [0.2, 0.25) is 0 Å². The molecule has 0 aromatic heterocycles. The predicted octanol–water partition coefficient (Wildman–Crippen LogP) is 0.995. The van der Waals surface area contributed by atoms with E-state index in [0.717, 1.165) is 6.54 Å². The fourth-order valence-corrected chi connectivity index (χ4v) is 1.11. The molecule has 0 aromatic rings. The van der Waals surface area contributed by atoms with E-state index in [1.54, 1.807) is 0 Å². The maximum atomic E-state index is 11.0.